The van der Waals surface area contributed by atoms with Crippen LogP contribution in [-0.4, -0.2) is 28.4 Å². The molecule has 3 rings (SSSR count). The zero-order valence-corrected chi connectivity index (χ0v) is 11.5. The summed E-state index contributed by atoms with van der Waals surface area (Å²) in [6.07, 6.45) is 2.25. The first-order chi connectivity index (χ1) is 9.63. The van der Waals surface area contributed by atoms with E-state index in [0.717, 1.165) is 18.4 Å². The molecule has 0 radical (unpaired) electrons. The van der Waals surface area contributed by atoms with Crippen molar-refractivity contribution in [2.45, 2.75) is 19.3 Å². The number of H-pyrrole nitrogens is 1. The van der Waals surface area contributed by atoms with Crippen molar-refractivity contribution in [1.82, 2.24) is 15.4 Å². The quantitative estimate of drug-likeness (QED) is 0.831. The largest absolute Gasteiger partial charge is 0.429 e. The van der Waals surface area contributed by atoms with Crippen molar-refractivity contribution in [3.05, 3.63) is 28.6 Å². The van der Waals surface area contributed by atoms with Crippen molar-refractivity contribution in [1.29, 1.82) is 0 Å². The summed E-state index contributed by atoms with van der Waals surface area (Å²) in [4.78, 5) is 26.9. The third-order valence-corrected chi connectivity index (χ3v) is 3.43. The molecule has 104 valence electrons. The predicted molar refractivity (Wildman–Crippen MR) is 74.4 cm³/mol. The number of oxazole rings is 1. The van der Waals surface area contributed by atoms with E-state index in [1.165, 1.54) is 5.01 Å². The number of aromatic amines is 1. The van der Waals surface area contributed by atoms with Gasteiger partial charge in [0, 0.05) is 18.5 Å². The van der Waals surface area contributed by atoms with E-state index in [2.05, 4.69) is 10.4 Å². The number of carbonyl (C=O) groups is 2. The van der Waals surface area contributed by atoms with Gasteiger partial charge in [-0.2, -0.15) is 0 Å². The highest BCUT2D eigenvalue weighted by Crippen LogP contribution is 2.16. The molecule has 6 nitrogen and oxygen atoms in total. The van der Waals surface area contributed by atoms with Gasteiger partial charge in [0.1, 0.15) is 0 Å². The van der Waals surface area contributed by atoms with E-state index < -0.39 is 0 Å². The maximum atomic E-state index is 12.1. The van der Waals surface area contributed by atoms with Gasteiger partial charge in [0.2, 0.25) is 5.91 Å². The fraction of sp³-hybridized carbons (Fsp3) is 0.308. The van der Waals surface area contributed by atoms with Crippen LogP contribution in [0.5, 0.6) is 0 Å². The Labute approximate surface area is 119 Å². The molecule has 7 heteroatoms. The van der Waals surface area contributed by atoms with Crippen molar-refractivity contribution >= 4 is 35.1 Å². The van der Waals surface area contributed by atoms with Crippen LogP contribution in [0.3, 0.4) is 0 Å². The lowest BCUT2D eigenvalue weighted by Crippen LogP contribution is -2.48. The van der Waals surface area contributed by atoms with E-state index in [9.17, 15) is 9.59 Å². The van der Waals surface area contributed by atoms with Crippen LogP contribution in [0, 0.1) is 4.84 Å². The molecule has 0 bridgehead atoms. The Bertz CT molecular complexity index is 734. The van der Waals surface area contributed by atoms with Crippen LogP contribution in [0.25, 0.3) is 11.1 Å². The van der Waals surface area contributed by atoms with Gasteiger partial charge < -0.3 is 9.40 Å². The number of benzene rings is 1. The van der Waals surface area contributed by atoms with Gasteiger partial charge in [-0.05, 0) is 43.3 Å². The number of amides is 2. The highest BCUT2D eigenvalue weighted by molar-refractivity contribution is 7.71. The summed E-state index contributed by atoms with van der Waals surface area (Å²) in [5, 5.41) is 1.38. The second-order valence-corrected chi connectivity index (χ2v) is 5.04. The number of hydrogen-bond donors (Lipinski definition) is 2. The Hall–Kier alpha value is -2.15. The van der Waals surface area contributed by atoms with Gasteiger partial charge in [-0.15, -0.1) is 0 Å². The van der Waals surface area contributed by atoms with E-state index in [1.807, 2.05) is 0 Å². The number of piperidine rings is 1. The molecule has 0 spiro atoms. The number of rotatable bonds is 2. The molecule has 1 saturated heterocycles. The molecular weight excluding hydrogens is 278 g/mol. The summed E-state index contributed by atoms with van der Waals surface area (Å²) in [5.41, 5.74) is 4.31. The van der Waals surface area contributed by atoms with Gasteiger partial charge in [0.05, 0.1) is 5.52 Å². The highest BCUT2D eigenvalue weighted by Gasteiger charge is 2.20. The molecule has 2 N–H and O–H groups in total. The van der Waals surface area contributed by atoms with E-state index in [-0.39, 0.29) is 16.7 Å². The van der Waals surface area contributed by atoms with Crippen molar-refractivity contribution in [2.24, 2.45) is 0 Å². The fourth-order valence-corrected chi connectivity index (χ4v) is 2.40. The van der Waals surface area contributed by atoms with Crippen LogP contribution < -0.4 is 5.43 Å². The van der Waals surface area contributed by atoms with Gasteiger partial charge in [-0.3, -0.25) is 20.0 Å². The summed E-state index contributed by atoms with van der Waals surface area (Å²) in [6, 6.07) is 4.99. The Morgan fingerprint density at radius 2 is 2.25 bits per heavy atom. The van der Waals surface area contributed by atoms with Crippen LogP contribution >= 0.6 is 12.2 Å². The van der Waals surface area contributed by atoms with Crippen molar-refractivity contribution in [2.75, 3.05) is 6.54 Å². The Balaban J connectivity index is 1.81. The van der Waals surface area contributed by atoms with Crippen LogP contribution in [-0.2, 0) is 4.79 Å². The van der Waals surface area contributed by atoms with Gasteiger partial charge in [0.25, 0.3) is 10.7 Å². The van der Waals surface area contributed by atoms with E-state index in [0.29, 0.717) is 24.1 Å². The maximum Gasteiger partial charge on any atom is 0.270 e. The molecule has 2 amide bonds. The van der Waals surface area contributed by atoms with Crippen LogP contribution in [0.2, 0.25) is 0 Å². The summed E-state index contributed by atoms with van der Waals surface area (Å²) in [7, 11) is 0. The summed E-state index contributed by atoms with van der Waals surface area (Å²) in [5.74, 6) is -0.380. The number of nitrogens with one attached hydrogen (secondary N) is 2. The first-order valence-electron chi connectivity index (χ1n) is 6.38. The number of carbonyl (C=O) groups excluding carboxylic acids is 2. The monoisotopic (exact) mass is 291 g/mol. The fourth-order valence-electron chi connectivity index (χ4n) is 2.20. The Kier molecular flexibility index (Phi) is 3.27. The minimum atomic E-state index is -0.329. The SMILES string of the molecule is O=C(NN1CCCCC1=O)c1ccc2[nH]c(=S)oc2c1. The number of hydrazine groups is 1. The molecule has 2 aromatic rings. The summed E-state index contributed by atoms with van der Waals surface area (Å²) >= 11 is 4.89. The molecular formula is C13H13N3O3S. The second kappa shape index (κ2) is 5.09. The van der Waals surface area contributed by atoms with Gasteiger partial charge >= 0.3 is 0 Å². The molecule has 0 aliphatic carbocycles. The van der Waals surface area contributed by atoms with Gasteiger partial charge in [0.15, 0.2) is 5.58 Å². The van der Waals surface area contributed by atoms with Crippen molar-refractivity contribution < 1.29 is 14.0 Å². The van der Waals surface area contributed by atoms with E-state index >= 15 is 0 Å². The summed E-state index contributed by atoms with van der Waals surface area (Å²) in [6.45, 7) is 0.553. The lowest BCUT2D eigenvalue weighted by Gasteiger charge is -2.26. The Morgan fingerprint density at radius 1 is 1.40 bits per heavy atom. The zero-order chi connectivity index (χ0) is 14.1. The molecule has 2 heterocycles. The van der Waals surface area contributed by atoms with E-state index in [1.54, 1.807) is 18.2 Å². The molecule has 0 saturated carbocycles. The first kappa shape index (κ1) is 12.9. The predicted octanol–water partition coefficient (Wildman–Crippen LogP) is 2.15. The van der Waals surface area contributed by atoms with Crippen molar-refractivity contribution in [3.8, 4) is 0 Å². The molecule has 1 aliphatic rings. The van der Waals surface area contributed by atoms with Crippen molar-refractivity contribution in [3.63, 3.8) is 0 Å². The average Bonchev–Trinajstić information content (AvgIpc) is 2.80. The molecule has 0 unspecified atom stereocenters. The standard InChI is InChI=1S/C13H13N3O3S/c17-11-3-1-2-6-16(11)15-12(18)8-4-5-9-10(7-8)19-13(20)14-9/h4-5,7H,1-3,6H2,(H,14,20)(H,15,18). The lowest BCUT2D eigenvalue weighted by atomic mass is 10.1. The molecule has 1 fully saturated rings. The van der Waals surface area contributed by atoms with Crippen LogP contribution in [0.15, 0.2) is 22.6 Å². The molecule has 1 aliphatic heterocycles. The Morgan fingerprint density at radius 3 is 3.05 bits per heavy atom. The zero-order valence-electron chi connectivity index (χ0n) is 10.6. The van der Waals surface area contributed by atoms with Gasteiger partial charge in [-0.25, -0.2) is 0 Å². The highest BCUT2D eigenvalue weighted by atomic mass is 32.1. The maximum absolute atomic E-state index is 12.1. The third kappa shape index (κ3) is 2.44. The minimum absolute atomic E-state index is 0.0511. The molecule has 1 aromatic heterocycles. The van der Waals surface area contributed by atoms with Gasteiger partial charge in [-0.1, -0.05) is 0 Å². The van der Waals surface area contributed by atoms with Crippen LogP contribution in [0.4, 0.5) is 0 Å². The second-order valence-electron chi connectivity index (χ2n) is 4.67. The third-order valence-electron chi connectivity index (χ3n) is 3.24. The number of nitrogens with zero attached hydrogens (tertiary/aromatic N) is 1. The number of aromatic nitrogens is 1. The van der Waals surface area contributed by atoms with Crippen LogP contribution in [0.1, 0.15) is 29.6 Å². The average molecular weight is 291 g/mol. The lowest BCUT2D eigenvalue weighted by molar-refractivity contribution is -0.135. The summed E-state index contributed by atoms with van der Waals surface area (Å²) < 4.78 is 5.27. The smallest absolute Gasteiger partial charge is 0.270 e. The normalized spacial score (nSPS) is 15.6. The first-order valence-corrected chi connectivity index (χ1v) is 6.78. The molecule has 20 heavy (non-hydrogen) atoms. The molecule has 1 aromatic carbocycles. The van der Waals surface area contributed by atoms with E-state index in [4.69, 9.17) is 16.6 Å². The topological polar surface area (TPSA) is 78.3 Å². The minimum Gasteiger partial charge on any atom is -0.429 e. The number of fused-ring (bicyclic) bond motifs is 1. The molecule has 0 atom stereocenters. The number of hydrogen-bond acceptors (Lipinski definition) is 4.